The van der Waals surface area contributed by atoms with Crippen LogP contribution < -0.4 is 4.31 Å². The molecule has 0 aromatic heterocycles. The van der Waals surface area contributed by atoms with Crippen molar-refractivity contribution >= 4 is 52.5 Å². The maximum atomic E-state index is 13.7. The zero-order valence-corrected chi connectivity index (χ0v) is 23.9. The summed E-state index contributed by atoms with van der Waals surface area (Å²) in [7, 11) is 0. The minimum Gasteiger partial charge on any atom is -0.465 e. The number of carbonyl (C=O) groups excluding carboxylic acids is 2. The number of esters is 1. The van der Waals surface area contributed by atoms with E-state index in [2.05, 4.69) is 5.10 Å². The molecule has 1 aliphatic rings. The number of benzene rings is 3. The van der Waals surface area contributed by atoms with Gasteiger partial charge in [0.15, 0.2) is 0 Å². The van der Waals surface area contributed by atoms with E-state index in [0.717, 1.165) is 28.6 Å². The molecule has 220 valence electrons. The molecule has 14 heteroatoms. The van der Waals surface area contributed by atoms with E-state index in [4.69, 9.17) is 16.3 Å². The number of nitro groups is 1. The van der Waals surface area contributed by atoms with E-state index in [0.29, 0.717) is 28.2 Å². The molecule has 1 aliphatic heterocycles. The van der Waals surface area contributed by atoms with Crippen LogP contribution in [-0.2, 0) is 20.5 Å². The Labute approximate surface area is 248 Å². The lowest BCUT2D eigenvalue weighted by Gasteiger charge is -2.26. The monoisotopic (exact) mass is 620 g/mol. The number of amides is 1. The predicted octanol–water partition coefficient (Wildman–Crippen LogP) is 6.60. The van der Waals surface area contributed by atoms with Gasteiger partial charge in [-0.15, -0.1) is 0 Å². The van der Waals surface area contributed by atoms with Crippen molar-refractivity contribution in [2.75, 3.05) is 24.0 Å². The van der Waals surface area contributed by atoms with Crippen LogP contribution in [0.25, 0.3) is 0 Å². The molecule has 1 unspecified atom stereocenters. The van der Waals surface area contributed by atoms with Gasteiger partial charge in [-0.05, 0) is 61.9 Å². The lowest BCUT2D eigenvalue weighted by atomic mass is 9.82. The highest BCUT2D eigenvalue weighted by molar-refractivity contribution is 8.01. The van der Waals surface area contributed by atoms with Crippen LogP contribution in [-0.4, -0.2) is 47.2 Å². The van der Waals surface area contributed by atoms with Gasteiger partial charge in [-0.25, -0.2) is 4.31 Å². The normalized spacial score (nSPS) is 16.6. The predicted molar refractivity (Wildman–Crippen MR) is 152 cm³/mol. The van der Waals surface area contributed by atoms with Crippen LogP contribution in [0.3, 0.4) is 0 Å². The Balaban J connectivity index is 1.69. The van der Waals surface area contributed by atoms with Gasteiger partial charge >= 0.3 is 12.1 Å². The van der Waals surface area contributed by atoms with Crippen molar-refractivity contribution in [1.29, 1.82) is 0 Å². The number of anilines is 1. The number of carbonyl (C=O) groups is 2. The second-order valence-electron chi connectivity index (χ2n) is 9.38. The highest BCUT2D eigenvalue weighted by atomic mass is 35.5. The van der Waals surface area contributed by atoms with Crippen LogP contribution in [0.2, 0.25) is 5.02 Å². The van der Waals surface area contributed by atoms with Crippen molar-refractivity contribution in [3.8, 4) is 0 Å². The third kappa shape index (κ3) is 6.68. The molecular formula is C28H24ClF3N4O5S. The minimum absolute atomic E-state index is 0.0352. The van der Waals surface area contributed by atoms with Gasteiger partial charge in [0.25, 0.3) is 11.6 Å². The van der Waals surface area contributed by atoms with Gasteiger partial charge in [0.2, 0.25) is 0 Å². The maximum Gasteiger partial charge on any atom is 0.416 e. The van der Waals surface area contributed by atoms with Crippen molar-refractivity contribution in [3.63, 3.8) is 0 Å². The summed E-state index contributed by atoms with van der Waals surface area (Å²) in [5, 5.41) is 18.0. The molecule has 9 nitrogen and oxygen atoms in total. The first-order valence-electron chi connectivity index (χ1n) is 12.5. The SMILES string of the molecule is CCOC(=O)C1(C)CN(CC(=O)N(Sc2ccccc2[N+](=O)[O-])c2ccc(C(F)(F)F)cc2)N=C1c1ccc(Cl)cc1. The standard InChI is InChI=1S/C28H24ClF3N4O5S/c1-3-41-26(38)27(2)17-34(33-25(27)18-8-12-20(29)13-9-18)16-24(37)35(21-14-10-19(11-15-21)28(30,31)32)42-23-7-5-4-6-22(23)36(39)40/h4-15H,3,16-17H2,1-2H3. The van der Waals surface area contributed by atoms with Crippen molar-refractivity contribution in [2.24, 2.45) is 10.5 Å². The maximum absolute atomic E-state index is 13.7. The lowest BCUT2D eigenvalue weighted by Crippen LogP contribution is -2.42. The summed E-state index contributed by atoms with van der Waals surface area (Å²) in [4.78, 5) is 37.9. The average molecular weight is 621 g/mol. The zero-order valence-electron chi connectivity index (χ0n) is 22.3. The lowest BCUT2D eigenvalue weighted by molar-refractivity contribution is -0.387. The van der Waals surface area contributed by atoms with Gasteiger partial charge < -0.3 is 4.74 Å². The number of rotatable bonds is 9. The van der Waals surface area contributed by atoms with Gasteiger partial charge in [-0.1, -0.05) is 35.9 Å². The number of hydrogen-bond donors (Lipinski definition) is 0. The van der Waals surface area contributed by atoms with E-state index in [1.807, 2.05) is 0 Å². The summed E-state index contributed by atoms with van der Waals surface area (Å²) in [6.07, 6.45) is -4.60. The van der Waals surface area contributed by atoms with E-state index in [9.17, 15) is 32.9 Å². The minimum atomic E-state index is -4.60. The van der Waals surface area contributed by atoms with Crippen molar-refractivity contribution in [2.45, 2.75) is 24.9 Å². The molecule has 0 N–H and O–H groups in total. The van der Waals surface area contributed by atoms with Gasteiger partial charge in [-0.3, -0.25) is 24.7 Å². The number of hydrazone groups is 1. The molecule has 1 amide bonds. The molecule has 0 bridgehead atoms. The number of nitrogens with zero attached hydrogens (tertiary/aromatic N) is 4. The second-order valence-corrected chi connectivity index (χ2v) is 10.8. The van der Waals surface area contributed by atoms with Crippen LogP contribution in [0.15, 0.2) is 82.8 Å². The van der Waals surface area contributed by atoms with Crippen LogP contribution in [0.5, 0.6) is 0 Å². The van der Waals surface area contributed by atoms with Gasteiger partial charge in [0.05, 0.1) is 35.0 Å². The topological polar surface area (TPSA) is 105 Å². The fraction of sp³-hybridized carbons (Fsp3) is 0.250. The summed E-state index contributed by atoms with van der Waals surface area (Å²) in [6.45, 7) is 2.99. The van der Waals surface area contributed by atoms with E-state index in [1.54, 1.807) is 44.2 Å². The van der Waals surface area contributed by atoms with Crippen LogP contribution in [0.1, 0.15) is 25.0 Å². The van der Waals surface area contributed by atoms with E-state index >= 15 is 0 Å². The molecule has 0 radical (unpaired) electrons. The van der Waals surface area contributed by atoms with Gasteiger partial charge in [0, 0.05) is 23.0 Å². The first kappa shape index (κ1) is 30.8. The van der Waals surface area contributed by atoms with Crippen LogP contribution in [0.4, 0.5) is 24.5 Å². The molecule has 4 rings (SSSR count). The highest BCUT2D eigenvalue weighted by Crippen LogP contribution is 2.38. The molecule has 0 saturated carbocycles. The zero-order chi connectivity index (χ0) is 30.7. The van der Waals surface area contributed by atoms with E-state index < -0.39 is 40.5 Å². The Bertz CT molecular complexity index is 1520. The Kier molecular flexibility index (Phi) is 9.12. The van der Waals surface area contributed by atoms with Crippen molar-refractivity contribution < 1.29 is 32.4 Å². The van der Waals surface area contributed by atoms with E-state index in [-0.39, 0.29) is 29.4 Å². The average Bonchev–Trinajstić information content (AvgIpc) is 3.28. The smallest absolute Gasteiger partial charge is 0.416 e. The molecule has 0 fully saturated rings. The summed E-state index contributed by atoms with van der Waals surface area (Å²) in [5.41, 5.74) is -1.47. The highest BCUT2D eigenvalue weighted by Gasteiger charge is 2.47. The first-order chi connectivity index (χ1) is 19.8. The summed E-state index contributed by atoms with van der Waals surface area (Å²) in [5.74, 6) is -1.20. The molecule has 42 heavy (non-hydrogen) atoms. The molecule has 0 aliphatic carbocycles. The number of halogens is 4. The first-order valence-corrected chi connectivity index (χ1v) is 13.7. The Morgan fingerprint density at radius 3 is 2.36 bits per heavy atom. The molecule has 0 saturated heterocycles. The molecule has 3 aromatic carbocycles. The molecule has 3 aromatic rings. The Morgan fingerprint density at radius 2 is 1.76 bits per heavy atom. The summed E-state index contributed by atoms with van der Waals surface area (Å²) in [6, 6.07) is 16.2. The second kappa shape index (κ2) is 12.4. The molecule has 1 heterocycles. The number of nitro benzene ring substituents is 1. The van der Waals surface area contributed by atoms with Crippen molar-refractivity contribution in [3.05, 3.63) is 99.1 Å². The number of para-hydroxylation sites is 1. The van der Waals surface area contributed by atoms with Gasteiger partial charge in [0.1, 0.15) is 16.9 Å². The summed E-state index contributed by atoms with van der Waals surface area (Å²) < 4.78 is 46.0. The number of alkyl halides is 3. The largest absolute Gasteiger partial charge is 0.465 e. The van der Waals surface area contributed by atoms with Crippen molar-refractivity contribution in [1.82, 2.24) is 5.01 Å². The molecule has 1 atom stereocenters. The fourth-order valence-electron chi connectivity index (χ4n) is 4.29. The fourth-order valence-corrected chi connectivity index (χ4v) is 5.38. The van der Waals surface area contributed by atoms with Gasteiger partial charge in [-0.2, -0.15) is 18.3 Å². The van der Waals surface area contributed by atoms with E-state index in [1.165, 1.54) is 23.2 Å². The number of ether oxygens (including phenoxy) is 1. The quantitative estimate of drug-likeness (QED) is 0.115. The third-order valence-electron chi connectivity index (χ3n) is 6.33. The van der Waals surface area contributed by atoms with Crippen LogP contribution >= 0.6 is 23.5 Å². The third-order valence-corrected chi connectivity index (χ3v) is 7.72. The Morgan fingerprint density at radius 1 is 1.12 bits per heavy atom. The summed E-state index contributed by atoms with van der Waals surface area (Å²) >= 11 is 6.72. The van der Waals surface area contributed by atoms with Crippen LogP contribution in [0, 0.1) is 15.5 Å². The molecular weight excluding hydrogens is 597 g/mol. The number of hydrogen-bond acceptors (Lipinski definition) is 8. The Hall–Kier alpha value is -4.10. The molecule has 0 spiro atoms.